The predicted molar refractivity (Wildman–Crippen MR) is 209 cm³/mol. The molecule has 5 aliphatic rings. The molecule has 0 saturated heterocycles. The molecule has 0 aliphatic heterocycles. The molecule has 4 fully saturated rings. The first-order chi connectivity index (χ1) is 25.5. The van der Waals surface area contributed by atoms with Gasteiger partial charge >= 0.3 is 17.9 Å². The van der Waals surface area contributed by atoms with E-state index in [4.69, 9.17) is 9.47 Å². The van der Waals surface area contributed by atoms with Crippen molar-refractivity contribution >= 4 is 23.7 Å². The Hall–Kier alpha value is -3.07. The lowest BCUT2D eigenvalue weighted by Crippen LogP contribution is -2.66. The van der Waals surface area contributed by atoms with Gasteiger partial charge in [0.15, 0.2) is 5.78 Å². The number of carboxylic acids is 1. The molecule has 9 heteroatoms. The van der Waals surface area contributed by atoms with Crippen molar-refractivity contribution in [2.75, 3.05) is 6.54 Å². The van der Waals surface area contributed by atoms with Crippen molar-refractivity contribution in [3.63, 3.8) is 0 Å². The molecule has 0 radical (unpaired) electrons. The summed E-state index contributed by atoms with van der Waals surface area (Å²) in [5, 5.41) is 13.1. The number of ketones is 1. The minimum Gasteiger partial charge on any atom is -0.481 e. The fraction of sp³-hybridized carbons (Fsp3) is 0.739. The Morgan fingerprint density at radius 2 is 1.60 bits per heavy atom. The summed E-state index contributed by atoms with van der Waals surface area (Å²) in [5.74, 6) is -0.879. The lowest BCUT2D eigenvalue weighted by atomic mass is 9.33. The van der Waals surface area contributed by atoms with E-state index in [-0.39, 0.29) is 63.6 Å². The van der Waals surface area contributed by atoms with E-state index in [0.29, 0.717) is 31.3 Å². The van der Waals surface area contributed by atoms with Gasteiger partial charge in [-0.1, -0.05) is 60.6 Å². The summed E-state index contributed by atoms with van der Waals surface area (Å²) in [6.07, 6.45) is 6.88. The minimum absolute atomic E-state index is 0.00305. The normalized spacial score (nSPS) is 36.0. The number of allylic oxidation sites excluding steroid dienone is 1. The molecule has 304 valence electrons. The predicted octanol–water partition coefficient (Wildman–Crippen LogP) is 9.24. The zero-order valence-corrected chi connectivity index (χ0v) is 35.0. The first-order valence-corrected chi connectivity index (χ1v) is 20.9. The molecule has 0 heterocycles. The van der Waals surface area contributed by atoms with E-state index in [1.54, 1.807) is 26.0 Å². The second-order valence-electron chi connectivity index (χ2n) is 20.4. The Morgan fingerprint density at radius 3 is 2.22 bits per heavy atom. The third-order valence-electron chi connectivity index (χ3n) is 16.4. The summed E-state index contributed by atoms with van der Waals surface area (Å²) >= 11 is 0. The summed E-state index contributed by atoms with van der Waals surface area (Å²) in [6.45, 7) is 21.8. The van der Waals surface area contributed by atoms with Gasteiger partial charge in [-0.15, -0.1) is 0 Å². The van der Waals surface area contributed by atoms with Crippen LogP contribution in [0.2, 0.25) is 0 Å². The van der Waals surface area contributed by atoms with E-state index >= 15 is 0 Å². The number of carboxylic acid groups (broad SMARTS) is 1. The molecule has 9 atom stereocenters. The van der Waals surface area contributed by atoms with Gasteiger partial charge in [-0.05, 0) is 134 Å². The summed E-state index contributed by atoms with van der Waals surface area (Å²) in [4.78, 5) is 51.9. The van der Waals surface area contributed by atoms with Crippen molar-refractivity contribution in [2.24, 2.45) is 56.2 Å². The quantitative estimate of drug-likeness (QED) is 0.214. The molecule has 1 aromatic carbocycles. The van der Waals surface area contributed by atoms with E-state index in [9.17, 15) is 28.7 Å². The highest BCUT2D eigenvalue weighted by molar-refractivity contribution is 6.01. The summed E-state index contributed by atoms with van der Waals surface area (Å²) in [5.41, 5.74) is 1.04. The molecule has 1 aromatic rings. The van der Waals surface area contributed by atoms with Crippen LogP contribution in [0, 0.1) is 62.0 Å². The third kappa shape index (κ3) is 6.80. The molecule has 0 spiro atoms. The maximum absolute atomic E-state index is 14.3. The van der Waals surface area contributed by atoms with Gasteiger partial charge in [0.25, 0.3) is 0 Å². The number of esters is 2. The molecule has 55 heavy (non-hydrogen) atoms. The molecule has 9 unspecified atom stereocenters. The number of ether oxygens (including phenoxy) is 2. The Bertz CT molecular complexity index is 1730. The average Bonchev–Trinajstić information content (AvgIpc) is 3.39. The number of benzene rings is 1. The van der Waals surface area contributed by atoms with Gasteiger partial charge in [0, 0.05) is 37.3 Å². The molecule has 0 amide bonds. The zero-order chi connectivity index (χ0) is 40.5. The van der Waals surface area contributed by atoms with Gasteiger partial charge in [0.2, 0.25) is 0 Å². The van der Waals surface area contributed by atoms with Crippen molar-refractivity contribution in [3.8, 4) is 0 Å². The summed E-state index contributed by atoms with van der Waals surface area (Å²) < 4.78 is 26.0. The van der Waals surface area contributed by atoms with Gasteiger partial charge in [0.05, 0.1) is 11.8 Å². The smallest absolute Gasteiger partial charge is 0.309 e. The van der Waals surface area contributed by atoms with E-state index in [1.165, 1.54) is 24.6 Å². The van der Waals surface area contributed by atoms with Crippen molar-refractivity contribution < 1.29 is 38.1 Å². The van der Waals surface area contributed by atoms with Crippen LogP contribution in [-0.2, 0) is 35.2 Å². The van der Waals surface area contributed by atoms with Gasteiger partial charge in [0.1, 0.15) is 18.0 Å². The van der Waals surface area contributed by atoms with Gasteiger partial charge in [-0.2, -0.15) is 0 Å². The Labute approximate surface area is 328 Å². The van der Waals surface area contributed by atoms with Crippen molar-refractivity contribution in [3.05, 3.63) is 46.8 Å². The minimum atomic E-state index is -1.18. The molecule has 8 nitrogen and oxygen atoms in total. The topological polar surface area (TPSA) is 119 Å². The molecule has 4 saturated carbocycles. The lowest BCUT2D eigenvalue weighted by molar-refractivity contribution is -0.235. The standard InChI is InChI=1S/C46H66FNO7/c1-27(2)38-32(50)23-46(36(54-28(3)49)26-48-25-29-11-13-30(47)14-12-29)22-21-44(9)31(39(38)46)15-16-34-43(8)19-18-35(55-37(51)24-41(4,5)40(52)53)42(6,7)33(43)17-20-45(34,44)10/h11-14,27,31,33-36,48H,15-26H2,1-10H3,(H,52,53). The van der Waals surface area contributed by atoms with Crippen LogP contribution in [0.1, 0.15) is 139 Å². The Morgan fingerprint density at radius 1 is 0.927 bits per heavy atom. The average molecular weight is 764 g/mol. The largest absolute Gasteiger partial charge is 0.481 e. The maximum atomic E-state index is 14.3. The van der Waals surface area contributed by atoms with E-state index in [2.05, 4.69) is 53.8 Å². The SMILES string of the molecule is CC(=O)OC(CNCc1ccc(F)cc1)C12CCC3(C)C(CCC4C5(C)CCC(OC(=O)CC(C)(C)C(=O)O)C(C)(C)C5CCC43C)C1=C(C(C)C)C(=O)C2. The highest BCUT2D eigenvalue weighted by Gasteiger charge is 2.71. The first-order valence-electron chi connectivity index (χ1n) is 20.9. The van der Waals surface area contributed by atoms with Crippen molar-refractivity contribution in [2.45, 2.75) is 152 Å². The monoisotopic (exact) mass is 763 g/mol. The van der Waals surface area contributed by atoms with Crippen LogP contribution in [0.5, 0.6) is 0 Å². The fourth-order valence-electron chi connectivity index (χ4n) is 13.4. The fourth-order valence-corrected chi connectivity index (χ4v) is 13.4. The van der Waals surface area contributed by atoms with Crippen LogP contribution >= 0.6 is 0 Å². The molecular formula is C46H66FNO7. The highest BCUT2D eigenvalue weighted by atomic mass is 19.1. The van der Waals surface area contributed by atoms with E-state index in [0.717, 1.165) is 62.5 Å². The number of carbonyl (C=O) groups is 4. The van der Waals surface area contributed by atoms with Gasteiger partial charge < -0.3 is 19.9 Å². The lowest BCUT2D eigenvalue weighted by Gasteiger charge is -2.72. The molecule has 0 bridgehead atoms. The molecule has 6 rings (SSSR count). The molecule has 5 aliphatic carbocycles. The van der Waals surface area contributed by atoms with E-state index in [1.807, 2.05) is 0 Å². The molecule has 2 N–H and O–H groups in total. The number of carbonyl (C=O) groups excluding carboxylic acids is 3. The van der Waals surface area contributed by atoms with Gasteiger partial charge in [-0.25, -0.2) is 4.39 Å². The Kier molecular flexibility index (Phi) is 10.9. The molecule has 0 aromatic heterocycles. The third-order valence-corrected chi connectivity index (χ3v) is 16.4. The zero-order valence-electron chi connectivity index (χ0n) is 35.0. The van der Waals surface area contributed by atoms with Crippen molar-refractivity contribution in [1.82, 2.24) is 5.32 Å². The second-order valence-corrected chi connectivity index (χ2v) is 20.4. The number of aliphatic carboxylic acids is 1. The summed E-state index contributed by atoms with van der Waals surface area (Å²) in [6, 6.07) is 6.41. The number of Topliss-reactive ketones (excluding diaryl/α,β-unsaturated/α-hetero) is 1. The summed E-state index contributed by atoms with van der Waals surface area (Å²) in [7, 11) is 0. The number of hydrogen-bond donors (Lipinski definition) is 2. The van der Waals surface area contributed by atoms with E-state index < -0.39 is 28.9 Å². The number of fused-ring (bicyclic) bond motifs is 7. The number of hydrogen-bond acceptors (Lipinski definition) is 7. The molecular weight excluding hydrogens is 698 g/mol. The highest BCUT2D eigenvalue weighted by Crippen LogP contribution is 2.77. The maximum Gasteiger partial charge on any atom is 0.309 e. The first kappa shape index (κ1) is 41.6. The van der Waals surface area contributed by atoms with Crippen LogP contribution in [-0.4, -0.2) is 47.6 Å². The van der Waals surface area contributed by atoms with Crippen LogP contribution in [0.15, 0.2) is 35.4 Å². The number of nitrogens with one attached hydrogen (secondary N) is 1. The Balaban J connectivity index is 1.30. The van der Waals surface area contributed by atoms with Crippen LogP contribution in [0.25, 0.3) is 0 Å². The van der Waals surface area contributed by atoms with Crippen molar-refractivity contribution in [1.29, 1.82) is 0 Å². The number of halogens is 1. The van der Waals surface area contributed by atoms with Crippen LogP contribution in [0.4, 0.5) is 4.39 Å². The van der Waals surface area contributed by atoms with Crippen LogP contribution in [0.3, 0.4) is 0 Å². The van der Waals surface area contributed by atoms with Crippen LogP contribution < -0.4 is 5.32 Å². The number of rotatable bonds is 11. The van der Waals surface area contributed by atoms with Gasteiger partial charge in [-0.3, -0.25) is 19.2 Å². The second kappa shape index (κ2) is 14.4.